The first-order valence-electron chi connectivity index (χ1n) is 6.09. The summed E-state index contributed by atoms with van der Waals surface area (Å²) in [5.41, 5.74) is 1.80. The van der Waals surface area contributed by atoms with Gasteiger partial charge in [-0.1, -0.05) is 11.6 Å². The third-order valence-electron chi connectivity index (χ3n) is 2.54. The van der Waals surface area contributed by atoms with E-state index in [-0.39, 0.29) is 11.3 Å². The molecule has 2 rings (SSSR count). The van der Waals surface area contributed by atoms with Gasteiger partial charge in [0, 0.05) is 11.6 Å². The number of anilines is 1. The van der Waals surface area contributed by atoms with E-state index in [9.17, 15) is 0 Å². The molecular weight excluding hydrogens is 299 g/mol. The Balaban J connectivity index is 2.35. The summed E-state index contributed by atoms with van der Waals surface area (Å²) in [6, 6.07) is 3.78. The zero-order valence-electron chi connectivity index (χ0n) is 11.4. The zero-order chi connectivity index (χ0) is 14.7. The summed E-state index contributed by atoms with van der Waals surface area (Å²) in [5, 5.41) is 3.71. The fraction of sp³-hybridized carbons (Fsp3) is 0.308. The first kappa shape index (κ1) is 14.8. The Morgan fingerprint density at radius 1 is 1.10 bits per heavy atom. The Labute approximate surface area is 127 Å². The summed E-state index contributed by atoms with van der Waals surface area (Å²) >= 11 is 11.8. The van der Waals surface area contributed by atoms with Crippen LogP contribution in [0.2, 0.25) is 10.3 Å². The van der Waals surface area contributed by atoms with Gasteiger partial charge < -0.3 is 10.1 Å². The van der Waals surface area contributed by atoms with Crippen molar-refractivity contribution in [3.63, 3.8) is 0 Å². The predicted octanol–water partition coefficient (Wildman–Crippen LogP) is 4.02. The van der Waals surface area contributed by atoms with Gasteiger partial charge in [0.05, 0.1) is 0 Å². The Hall–Kier alpha value is -1.59. The standard InChI is InChI=1S/C13H14Cl2N4O/c1-4-16-12-17-11(15)18-13(19-12)20-10-7(2)5-9(14)6-8(10)3/h5-6H,4H2,1-3H3,(H,16,17,18,19). The lowest BCUT2D eigenvalue weighted by molar-refractivity contribution is 0.434. The number of ether oxygens (including phenoxy) is 1. The zero-order valence-corrected chi connectivity index (χ0v) is 12.9. The summed E-state index contributed by atoms with van der Waals surface area (Å²) in [7, 11) is 0. The molecule has 0 radical (unpaired) electrons. The molecular formula is C13H14Cl2N4O. The lowest BCUT2D eigenvalue weighted by Crippen LogP contribution is -2.05. The van der Waals surface area contributed by atoms with E-state index < -0.39 is 0 Å². The van der Waals surface area contributed by atoms with Gasteiger partial charge in [0.25, 0.3) is 0 Å². The average molecular weight is 313 g/mol. The van der Waals surface area contributed by atoms with Gasteiger partial charge in [0.1, 0.15) is 5.75 Å². The molecule has 2 aromatic rings. The van der Waals surface area contributed by atoms with Gasteiger partial charge in [0.2, 0.25) is 11.2 Å². The molecule has 0 bridgehead atoms. The van der Waals surface area contributed by atoms with Crippen LogP contribution in [0.1, 0.15) is 18.1 Å². The van der Waals surface area contributed by atoms with Crippen molar-refractivity contribution in [1.29, 1.82) is 0 Å². The molecule has 0 unspecified atom stereocenters. The minimum absolute atomic E-state index is 0.0789. The molecule has 106 valence electrons. The summed E-state index contributed by atoms with van der Waals surface area (Å²) < 4.78 is 5.72. The molecule has 7 heteroatoms. The first-order valence-corrected chi connectivity index (χ1v) is 6.85. The van der Waals surface area contributed by atoms with E-state index in [1.807, 2.05) is 32.9 Å². The average Bonchev–Trinajstić information content (AvgIpc) is 2.33. The highest BCUT2D eigenvalue weighted by atomic mass is 35.5. The van der Waals surface area contributed by atoms with Crippen molar-refractivity contribution in [2.45, 2.75) is 20.8 Å². The predicted molar refractivity (Wildman–Crippen MR) is 80.0 cm³/mol. The smallest absolute Gasteiger partial charge is 0.328 e. The van der Waals surface area contributed by atoms with Crippen molar-refractivity contribution < 1.29 is 4.74 Å². The van der Waals surface area contributed by atoms with Crippen molar-refractivity contribution in [3.05, 3.63) is 33.6 Å². The second kappa shape index (κ2) is 6.24. The highest BCUT2D eigenvalue weighted by molar-refractivity contribution is 6.30. The molecule has 0 amide bonds. The van der Waals surface area contributed by atoms with Gasteiger partial charge in [0.15, 0.2) is 0 Å². The van der Waals surface area contributed by atoms with Crippen LogP contribution in [0.15, 0.2) is 12.1 Å². The van der Waals surface area contributed by atoms with Crippen molar-refractivity contribution in [3.8, 4) is 11.8 Å². The van der Waals surface area contributed by atoms with E-state index in [1.165, 1.54) is 0 Å². The summed E-state index contributed by atoms with van der Waals surface area (Å²) in [5.74, 6) is 1.05. The first-order chi connectivity index (χ1) is 9.49. The molecule has 1 heterocycles. The van der Waals surface area contributed by atoms with Crippen LogP contribution in [0, 0.1) is 13.8 Å². The molecule has 0 aliphatic rings. The number of benzene rings is 1. The van der Waals surface area contributed by atoms with Crippen LogP contribution < -0.4 is 10.1 Å². The quantitative estimate of drug-likeness (QED) is 0.924. The molecule has 5 nitrogen and oxygen atoms in total. The van der Waals surface area contributed by atoms with Crippen molar-refractivity contribution in [2.75, 3.05) is 11.9 Å². The van der Waals surface area contributed by atoms with Crippen LogP contribution in [-0.4, -0.2) is 21.5 Å². The summed E-state index contributed by atoms with van der Waals surface area (Å²) in [6.07, 6.45) is 0. The lowest BCUT2D eigenvalue weighted by atomic mass is 10.1. The molecule has 0 saturated carbocycles. The maximum atomic E-state index is 5.99. The van der Waals surface area contributed by atoms with Crippen molar-refractivity contribution >= 4 is 29.2 Å². The summed E-state index contributed by atoms with van der Waals surface area (Å²) in [4.78, 5) is 12.1. The second-order valence-corrected chi connectivity index (χ2v) is 4.99. The topological polar surface area (TPSA) is 59.9 Å². The number of aromatic nitrogens is 3. The third kappa shape index (κ3) is 3.49. The molecule has 1 N–H and O–H groups in total. The normalized spacial score (nSPS) is 10.4. The number of nitrogens with zero attached hydrogens (tertiary/aromatic N) is 3. The molecule has 0 fully saturated rings. The molecule has 0 atom stereocenters. The highest BCUT2D eigenvalue weighted by Gasteiger charge is 2.11. The SMILES string of the molecule is CCNc1nc(Cl)nc(Oc2c(C)cc(Cl)cc2C)n1. The van der Waals surface area contributed by atoms with E-state index in [0.29, 0.717) is 23.3 Å². The van der Waals surface area contributed by atoms with Gasteiger partial charge in [-0.15, -0.1) is 0 Å². The maximum Gasteiger partial charge on any atom is 0.328 e. The molecule has 0 saturated heterocycles. The Bertz CT molecular complexity index is 611. The van der Waals surface area contributed by atoms with Crippen LogP contribution >= 0.6 is 23.2 Å². The van der Waals surface area contributed by atoms with Gasteiger partial charge in [-0.3, -0.25) is 0 Å². The van der Waals surface area contributed by atoms with Crippen molar-refractivity contribution in [1.82, 2.24) is 15.0 Å². The highest BCUT2D eigenvalue weighted by Crippen LogP contribution is 2.30. The number of hydrogen-bond donors (Lipinski definition) is 1. The van der Waals surface area contributed by atoms with Crippen LogP contribution in [0.4, 0.5) is 5.95 Å². The maximum absolute atomic E-state index is 5.99. The minimum Gasteiger partial charge on any atom is -0.424 e. The van der Waals surface area contributed by atoms with Crippen molar-refractivity contribution in [2.24, 2.45) is 0 Å². The van der Waals surface area contributed by atoms with E-state index in [1.54, 1.807) is 0 Å². The van der Waals surface area contributed by atoms with Gasteiger partial charge in [-0.25, -0.2) is 0 Å². The molecule has 20 heavy (non-hydrogen) atoms. The lowest BCUT2D eigenvalue weighted by Gasteiger charge is -2.11. The Kier molecular flexibility index (Phi) is 4.62. The van der Waals surface area contributed by atoms with Crippen LogP contribution in [0.25, 0.3) is 0 Å². The number of hydrogen-bond acceptors (Lipinski definition) is 5. The molecule has 1 aromatic carbocycles. The van der Waals surface area contributed by atoms with Crippen LogP contribution in [0.3, 0.4) is 0 Å². The summed E-state index contributed by atoms with van der Waals surface area (Å²) in [6.45, 7) is 6.43. The Morgan fingerprint density at radius 3 is 2.35 bits per heavy atom. The number of aryl methyl sites for hydroxylation is 2. The van der Waals surface area contributed by atoms with Crippen LogP contribution in [-0.2, 0) is 0 Å². The Morgan fingerprint density at radius 2 is 1.75 bits per heavy atom. The fourth-order valence-corrected chi connectivity index (χ4v) is 2.24. The van der Waals surface area contributed by atoms with E-state index >= 15 is 0 Å². The van der Waals surface area contributed by atoms with Gasteiger partial charge in [-0.2, -0.15) is 15.0 Å². The number of rotatable bonds is 4. The van der Waals surface area contributed by atoms with Gasteiger partial charge in [-0.05, 0) is 55.6 Å². The second-order valence-electron chi connectivity index (χ2n) is 4.21. The minimum atomic E-state index is 0.0789. The molecule has 0 aliphatic heterocycles. The third-order valence-corrected chi connectivity index (χ3v) is 2.93. The molecule has 0 spiro atoms. The number of halogens is 2. The van der Waals surface area contributed by atoms with E-state index in [4.69, 9.17) is 27.9 Å². The van der Waals surface area contributed by atoms with E-state index in [2.05, 4.69) is 20.3 Å². The van der Waals surface area contributed by atoms with E-state index in [0.717, 1.165) is 11.1 Å². The fourth-order valence-electron chi connectivity index (χ4n) is 1.76. The largest absolute Gasteiger partial charge is 0.424 e. The molecule has 0 aliphatic carbocycles. The molecule has 1 aromatic heterocycles. The monoisotopic (exact) mass is 312 g/mol. The van der Waals surface area contributed by atoms with Crippen LogP contribution in [0.5, 0.6) is 11.8 Å². The number of nitrogens with one attached hydrogen (secondary N) is 1. The van der Waals surface area contributed by atoms with Gasteiger partial charge >= 0.3 is 6.01 Å².